The first kappa shape index (κ1) is 15.3. The Labute approximate surface area is 138 Å². The lowest BCUT2D eigenvalue weighted by Gasteiger charge is -2.30. The van der Waals surface area contributed by atoms with Gasteiger partial charge < -0.3 is 4.90 Å². The summed E-state index contributed by atoms with van der Waals surface area (Å²) in [5.41, 5.74) is 3.71. The molecule has 0 aliphatic carbocycles. The fourth-order valence-electron chi connectivity index (χ4n) is 2.71. The highest BCUT2D eigenvalue weighted by molar-refractivity contribution is 6.37. The largest absolute Gasteiger partial charge is 0.307 e. The minimum atomic E-state index is -0.164. The van der Waals surface area contributed by atoms with Crippen molar-refractivity contribution in [3.05, 3.63) is 38.6 Å². The second-order valence-electron chi connectivity index (χ2n) is 5.50. The van der Waals surface area contributed by atoms with Gasteiger partial charge in [-0.1, -0.05) is 28.4 Å². The molecular weight excluding hydrogens is 323 g/mol. The van der Waals surface area contributed by atoms with Crippen LogP contribution in [0.25, 0.3) is 0 Å². The van der Waals surface area contributed by atoms with Gasteiger partial charge in [0, 0.05) is 18.6 Å². The summed E-state index contributed by atoms with van der Waals surface area (Å²) in [4.78, 5) is 14.5. The van der Waals surface area contributed by atoms with Gasteiger partial charge in [-0.15, -0.1) is 5.10 Å². The van der Waals surface area contributed by atoms with Crippen molar-refractivity contribution in [2.75, 3.05) is 11.4 Å². The van der Waals surface area contributed by atoms with Crippen molar-refractivity contribution in [2.45, 2.75) is 26.7 Å². The average molecular weight is 339 g/mol. The molecule has 7 heteroatoms. The van der Waals surface area contributed by atoms with Crippen LogP contribution in [0.5, 0.6) is 0 Å². The second-order valence-corrected chi connectivity index (χ2v) is 6.29. The Kier molecular flexibility index (Phi) is 3.87. The fourth-order valence-corrected chi connectivity index (χ4v) is 3.25. The number of aryl methyl sites for hydroxylation is 1. The number of hydrogen-bond acceptors (Lipinski definition) is 3. The van der Waals surface area contributed by atoms with E-state index in [9.17, 15) is 4.79 Å². The van der Waals surface area contributed by atoms with Crippen LogP contribution in [0.15, 0.2) is 6.07 Å². The van der Waals surface area contributed by atoms with Crippen LogP contribution >= 0.6 is 23.2 Å². The normalized spacial score (nSPS) is 14.1. The number of anilines is 1. The van der Waals surface area contributed by atoms with Gasteiger partial charge in [-0.25, -0.2) is 0 Å². The van der Waals surface area contributed by atoms with E-state index in [0.29, 0.717) is 22.3 Å². The molecule has 0 unspecified atom stereocenters. The maximum atomic E-state index is 12.8. The lowest BCUT2D eigenvalue weighted by molar-refractivity contribution is 0.0979. The van der Waals surface area contributed by atoms with Crippen LogP contribution in [0.3, 0.4) is 0 Å². The van der Waals surface area contributed by atoms with Gasteiger partial charge in [-0.05, 0) is 43.9 Å². The zero-order valence-corrected chi connectivity index (χ0v) is 14.2. The van der Waals surface area contributed by atoms with E-state index >= 15 is 0 Å². The molecule has 3 rings (SSSR count). The number of fused-ring (bicyclic) bond motifs is 1. The van der Waals surface area contributed by atoms with Crippen molar-refractivity contribution >= 4 is 34.8 Å². The zero-order valence-electron chi connectivity index (χ0n) is 12.7. The van der Waals surface area contributed by atoms with Gasteiger partial charge in [-0.2, -0.15) is 0 Å². The van der Waals surface area contributed by atoms with Gasteiger partial charge in [0.1, 0.15) is 0 Å². The number of rotatable bonds is 1. The van der Waals surface area contributed by atoms with E-state index < -0.39 is 0 Å². The molecule has 22 heavy (non-hydrogen) atoms. The highest BCUT2D eigenvalue weighted by atomic mass is 35.5. The molecule has 0 spiro atoms. The number of halogens is 2. The van der Waals surface area contributed by atoms with E-state index in [2.05, 4.69) is 10.3 Å². The van der Waals surface area contributed by atoms with E-state index in [-0.39, 0.29) is 5.91 Å². The molecule has 5 nitrogen and oxygen atoms in total. The standard InChI is InChI=1S/C15H16Cl2N4O/c1-8-11(16)7-12-10(13(8)17)5-4-6-21(12)15(22)14-9(2)20(3)19-18-14/h7H,4-6H2,1-3H3. The lowest BCUT2D eigenvalue weighted by Crippen LogP contribution is -2.36. The molecule has 0 saturated heterocycles. The van der Waals surface area contributed by atoms with Crippen LogP contribution in [0, 0.1) is 13.8 Å². The predicted molar refractivity (Wildman–Crippen MR) is 86.9 cm³/mol. The summed E-state index contributed by atoms with van der Waals surface area (Å²) in [6.07, 6.45) is 1.70. The molecule has 1 aromatic heterocycles. The van der Waals surface area contributed by atoms with E-state index in [1.165, 1.54) is 0 Å². The van der Waals surface area contributed by atoms with E-state index in [0.717, 1.165) is 35.3 Å². The average Bonchev–Trinajstić information content (AvgIpc) is 2.84. The van der Waals surface area contributed by atoms with Crippen molar-refractivity contribution in [3.63, 3.8) is 0 Å². The smallest absolute Gasteiger partial charge is 0.280 e. The molecule has 116 valence electrons. The number of hydrogen-bond donors (Lipinski definition) is 0. The van der Waals surface area contributed by atoms with Crippen molar-refractivity contribution in [1.29, 1.82) is 0 Å². The van der Waals surface area contributed by atoms with E-state index in [4.69, 9.17) is 23.2 Å². The van der Waals surface area contributed by atoms with Gasteiger partial charge >= 0.3 is 0 Å². The maximum absolute atomic E-state index is 12.8. The third kappa shape index (κ3) is 2.29. The maximum Gasteiger partial charge on any atom is 0.280 e. The number of amides is 1. The van der Waals surface area contributed by atoms with Gasteiger partial charge in [0.15, 0.2) is 5.69 Å². The SMILES string of the molecule is Cc1c(Cl)cc2c(c1Cl)CCCN2C(=O)c1nnn(C)c1C. The van der Waals surface area contributed by atoms with Crippen LogP contribution in [-0.4, -0.2) is 27.4 Å². The highest BCUT2D eigenvalue weighted by Gasteiger charge is 2.29. The molecule has 2 heterocycles. The van der Waals surface area contributed by atoms with Crippen LogP contribution < -0.4 is 4.90 Å². The summed E-state index contributed by atoms with van der Waals surface area (Å²) >= 11 is 12.7. The third-order valence-electron chi connectivity index (χ3n) is 4.18. The minimum Gasteiger partial charge on any atom is -0.307 e. The first-order chi connectivity index (χ1) is 10.4. The summed E-state index contributed by atoms with van der Waals surface area (Å²) < 4.78 is 1.59. The second kappa shape index (κ2) is 5.56. The Bertz CT molecular complexity index is 769. The van der Waals surface area contributed by atoms with Crippen LogP contribution in [0.2, 0.25) is 10.0 Å². The van der Waals surface area contributed by atoms with Gasteiger partial charge in [0.25, 0.3) is 5.91 Å². The van der Waals surface area contributed by atoms with Crippen molar-refractivity contribution in [2.24, 2.45) is 7.05 Å². The first-order valence-electron chi connectivity index (χ1n) is 7.07. The van der Waals surface area contributed by atoms with E-state index in [1.807, 2.05) is 19.9 Å². The molecule has 0 N–H and O–H groups in total. The lowest BCUT2D eigenvalue weighted by atomic mass is 9.99. The molecule has 0 radical (unpaired) electrons. The summed E-state index contributed by atoms with van der Waals surface area (Å²) in [5, 5.41) is 9.10. The number of carbonyl (C=O) groups excluding carboxylic acids is 1. The van der Waals surface area contributed by atoms with Gasteiger partial charge in [0.2, 0.25) is 0 Å². The molecule has 2 aromatic rings. The quantitative estimate of drug-likeness (QED) is 0.801. The summed E-state index contributed by atoms with van der Waals surface area (Å²) in [6, 6.07) is 1.82. The van der Waals surface area contributed by atoms with Crippen LogP contribution in [-0.2, 0) is 13.5 Å². The number of carbonyl (C=O) groups is 1. The number of nitrogens with zero attached hydrogens (tertiary/aromatic N) is 4. The summed E-state index contributed by atoms with van der Waals surface area (Å²) in [6.45, 7) is 4.34. The predicted octanol–water partition coefficient (Wildman–Crippen LogP) is 3.33. The van der Waals surface area contributed by atoms with Crippen molar-refractivity contribution in [3.8, 4) is 0 Å². The monoisotopic (exact) mass is 338 g/mol. The van der Waals surface area contributed by atoms with Crippen molar-refractivity contribution < 1.29 is 4.79 Å². The molecule has 0 fully saturated rings. The molecule has 1 aliphatic rings. The molecular formula is C15H16Cl2N4O. The van der Waals surface area contributed by atoms with Gasteiger partial charge in [0.05, 0.1) is 16.4 Å². The number of benzene rings is 1. The molecule has 1 aromatic carbocycles. The Balaban J connectivity index is 2.09. The van der Waals surface area contributed by atoms with E-state index in [1.54, 1.807) is 16.6 Å². The zero-order chi connectivity index (χ0) is 16.0. The Morgan fingerprint density at radius 3 is 2.68 bits per heavy atom. The Morgan fingerprint density at radius 1 is 1.32 bits per heavy atom. The Morgan fingerprint density at radius 2 is 2.05 bits per heavy atom. The Hall–Kier alpha value is -1.59. The van der Waals surface area contributed by atoms with Crippen LogP contribution in [0.1, 0.15) is 33.7 Å². The molecule has 1 aliphatic heterocycles. The summed E-state index contributed by atoms with van der Waals surface area (Å²) in [7, 11) is 1.76. The molecule has 0 saturated carbocycles. The van der Waals surface area contributed by atoms with Gasteiger partial charge in [-0.3, -0.25) is 9.48 Å². The highest BCUT2D eigenvalue weighted by Crippen LogP contribution is 2.39. The fraction of sp³-hybridized carbons (Fsp3) is 0.400. The first-order valence-corrected chi connectivity index (χ1v) is 7.83. The van der Waals surface area contributed by atoms with Crippen LogP contribution in [0.4, 0.5) is 5.69 Å². The topological polar surface area (TPSA) is 51.0 Å². The third-order valence-corrected chi connectivity index (χ3v) is 5.08. The van der Waals surface area contributed by atoms with Crippen molar-refractivity contribution in [1.82, 2.24) is 15.0 Å². The number of aromatic nitrogens is 3. The summed E-state index contributed by atoms with van der Waals surface area (Å²) in [5.74, 6) is -0.164. The molecule has 1 amide bonds. The molecule has 0 atom stereocenters. The molecule has 0 bridgehead atoms. The minimum absolute atomic E-state index is 0.164.